The van der Waals surface area contributed by atoms with E-state index in [0.29, 0.717) is 0 Å². The molecule has 0 saturated heterocycles. The maximum Gasteiger partial charge on any atom is 0.114 e. The van der Waals surface area contributed by atoms with Crippen molar-refractivity contribution in [1.29, 1.82) is 0 Å². The summed E-state index contributed by atoms with van der Waals surface area (Å²) in [5, 5.41) is 16.5. The summed E-state index contributed by atoms with van der Waals surface area (Å²) in [5.41, 5.74) is 3.20. The number of rotatable bonds is 2. The molecule has 0 spiro atoms. The molecule has 0 atom stereocenters. The topological polar surface area (TPSA) is 30.7 Å². The molecule has 0 bridgehead atoms. The molecule has 0 N–H and O–H groups in total. The minimum absolute atomic E-state index is 0.904. The van der Waals surface area contributed by atoms with Crippen molar-refractivity contribution in [3.63, 3.8) is 0 Å². The van der Waals surface area contributed by atoms with E-state index in [2.05, 4.69) is 83.1 Å². The predicted molar refractivity (Wildman–Crippen MR) is 107 cm³/mol. The molecule has 3 nitrogen and oxygen atoms in total. The van der Waals surface area contributed by atoms with E-state index in [1.54, 1.807) is 0 Å². The third-order valence-corrected chi connectivity index (χ3v) is 5.34. The van der Waals surface area contributed by atoms with Gasteiger partial charge in [-0.2, -0.15) is 0 Å². The van der Waals surface area contributed by atoms with Crippen molar-refractivity contribution >= 4 is 38.0 Å². The van der Waals surface area contributed by atoms with Crippen LogP contribution in [0.15, 0.2) is 79.0 Å². The molecule has 1 aliphatic rings. The first-order chi connectivity index (χ1) is 12.9. The molecule has 122 valence electrons. The van der Waals surface area contributed by atoms with Crippen LogP contribution in [0.25, 0.3) is 49.3 Å². The van der Waals surface area contributed by atoms with Gasteiger partial charge in [0.15, 0.2) is 0 Å². The first-order valence-electron chi connectivity index (χ1n) is 8.84. The Bertz CT molecular complexity index is 1340. The molecule has 0 saturated carbocycles. The molecule has 0 aliphatic heterocycles. The zero-order chi connectivity index (χ0) is 17.1. The fourth-order valence-corrected chi connectivity index (χ4v) is 4.09. The number of hydrogen-bond acceptors (Lipinski definition) is 2. The third kappa shape index (κ3) is 1.83. The molecule has 6 rings (SSSR count). The van der Waals surface area contributed by atoms with Gasteiger partial charge in [-0.1, -0.05) is 72.0 Å². The van der Waals surface area contributed by atoms with Crippen molar-refractivity contribution in [3.05, 3.63) is 79.0 Å². The van der Waals surface area contributed by atoms with E-state index in [9.17, 15) is 0 Å². The Kier molecular flexibility index (Phi) is 2.66. The van der Waals surface area contributed by atoms with Gasteiger partial charge >= 0.3 is 0 Å². The Balaban J connectivity index is 1.64. The minimum atomic E-state index is 0.904. The van der Waals surface area contributed by atoms with Crippen LogP contribution in [0.3, 0.4) is 0 Å². The van der Waals surface area contributed by atoms with Crippen molar-refractivity contribution in [1.82, 2.24) is 15.0 Å². The number of aromatic nitrogens is 3. The van der Waals surface area contributed by atoms with Gasteiger partial charge in [-0.15, -0.1) is 5.10 Å². The summed E-state index contributed by atoms with van der Waals surface area (Å²) in [7, 11) is 0. The van der Waals surface area contributed by atoms with Crippen molar-refractivity contribution in [2.75, 3.05) is 0 Å². The normalized spacial score (nSPS) is 14.1. The lowest BCUT2D eigenvalue weighted by Gasteiger charge is -2.12. The second-order valence-corrected chi connectivity index (χ2v) is 6.81. The Labute approximate surface area is 150 Å². The van der Waals surface area contributed by atoms with Crippen molar-refractivity contribution in [3.8, 4) is 11.3 Å². The third-order valence-electron chi connectivity index (χ3n) is 5.34. The van der Waals surface area contributed by atoms with Gasteiger partial charge in [0.2, 0.25) is 0 Å². The van der Waals surface area contributed by atoms with E-state index in [4.69, 9.17) is 0 Å². The maximum atomic E-state index is 4.46. The zero-order valence-corrected chi connectivity index (χ0v) is 14.1. The maximum absolute atomic E-state index is 4.46. The lowest BCUT2D eigenvalue weighted by molar-refractivity contribution is 0.808. The summed E-state index contributed by atoms with van der Waals surface area (Å²) in [6, 6.07) is 19.7. The highest BCUT2D eigenvalue weighted by Gasteiger charge is 2.14. The van der Waals surface area contributed by atoms with Crippen LogP contribution in [0.1, 0.15) is 6.42 Å². The Hall–Kier alpha value is -3.46. The van der Waals surface area contributed by atoms with E-state index in [1.807, 2.05) is 10.9 Å². The van der Waals surface area contributed by atoms with Crippen LogP contribution in [0.4, 0.5) is 0 Å². The SMILES string of the molecule is C1=CCC(n2cc(-c3ccc4ccc5cccc6ccc3c4c56)nn2)=C1. The summed E-state index contributed by atoms with van der Waals surface area (Å²) in [6.45, 7) is 0. The summed E-state index contributed by atoms with van der Waals surface area (Å²) >= 11 is 0. The lowest BCUT2D eigenvalue weighted by Crippen LogP contribution is -1.94. The van der Waals surface area contributed by atoms with Gasteiger partial charge in [0, 0.05) is 17.7 Å². The van der Waals surface area contributed by atoms with Gasteiger partial charge in [0.25, 0.3) is 0 Å². The Morgan fingerprint density at radius 1 is 0.808 bits per heavy atom. The van der Waals surface area contributed by atoms with Crippen molar-refractivity contribution in [2.45, 2.75) is 6.42 Å². The van der Waals surface area contributed by atoms with Gasteiger partial charge in [0.05, 0.1) is 6.20 Å². The second-order valence-electron chi connectivity index (χ2n) is 6.81. The monoisotopic (exact) mass is 333 g/mol. The second kappa shape index (κ2) is 5.02. The van der Waals surface area contributed by atoms with E-state index >= 15 is 0 Å². The average molecular weight is 333 g/mol. The quantitative estimate of drug-likeness (QED) is 0.391. The Morgan fingerprint density at radius 2 is 1.58 bits per heavy atom. The molecule has 0 fully saturated rings. The zero-order valence-electron chi connectivity index (χ0n) is 14.1. The van der Waals surface area contributed by atoms with Crippen LogP contribution in [0, 0.1) is 0 Å². The highest BCUT2D eigenvalue weighted by molar-refractivity contribution is 6.25. The molecular weight excluding hydrogens is 318 g/mol. The molecule has 1 aromatic heterocycles. The molecule has 0 amide bonds. The molecule has 26 heavy (non-hydrogen) atoms. The Morgan fingerprint density at radius 3 is 2.38 bits per heavy atom. The number of nitrogens with zero attached hydrogens (tertiary/aromatic N) is 3. The highest BCUT2D eigenvalue weighted by atomic mass is 15.4. The molecule has 0 unspecified atom stereocenters. The molecule has 0 radical (unpaired) electrons. The smallest absolute Gasteiger partial charge is 0.114 e. The molecular formula is C23H15N3. The van der Waals surface area contributed by atoms with E-state index in [-0.39, 0.29) is 0 Å². The highest BCUT2D eigenvalue weighted by Crippen LogP contribution is 2.38. The summed E-state index contributed by atoms with van der Waals surface area (Å²) in [6.07, 6.45) is 9.22. The van der Waals surface area contributed by atoms with Gasteiger partial charge in [-0.05, 0) is 38.4 Å². The molecule has 1 aliphatic carbocycles. The van der Waals surface area contributed by atoms with Gasteiger partial charge in [0.1, 0.15) is 5.69 Å². The van der Waals surface area contributed by atoms with Crippen molar-refractivity contribution < 1.29 is 0 Å². The molecule has 4 aromatic carbocycles. The molecule has 3 heteroatoms. The fourth-order valence-electron chi connectivity index (χ4n) is 4.09. The molecule has 5 aromatic rings. The number of benzene rings is 4. The van der Waals surface area contributed by atoms with E-state index < -0.39 is 0 Å². The van der Waals surface area contributed by atoms with E-state index in [0.717, 1.165) is 23.4 Å². The average Bonchev–Trinajstić information content (AvgIpc) is 3.37. The van der Waals surface area contributed by atoms with Crippen LogP contribution < -0.4 is 0 Å². The van der Waals surface area contributed by atoms with Gasteiger partial charge < -0.3 is 0 Å². The van der Waals surface area contributed by atoms with Gasteiger partial charge in [-0.25, -0.2) is 4.68 Å². The van der Waals surface area contributed by atoms with Crippen LogP contribution in [-0.4, -0.2) is 15.0 Å². The van der Waals surface area contributed by atoms with E-state index in [1.165, 1.54) is 32.3 Å². The van der Waals surface area contributed by atoms with Gasteiger partial charge in [-0.3, -0.25) is 0 Å². The standard InChI is InChI=1S/C23H15N3/c1-2-7-18(6-1)26-14-21(24-25-26)19-12-10-17-9-8-15-4-3-5-16-11-13-20(19)23(17)22(15)16/h1-6,8-14H,7H2. The van der Waals surface area contributed by atoms with Crippen molar-refractivity contribution in [2.24, 2.45) is 0 Å². The summed E-state index contributed by atoms with van der Waals surface area (Å²) < 4.78 is 1.88. The first-order valence-corrected chi connectivity index (χ1v) is 8.84. The molecule has 1 heterocycles. The van der Waals surface area contributed by atoms with Crippen LogP contribution in [0.5, 0.6) is 0 Å². The fraction of sp³-hybridized carbons (Fsp3) is 0.0435. The summed E-state index contributed by atoms with van der Waals surface area (Å²) in [4.78, 5) is 0. The predicted octanol–water partition coefficient (Wildman–Crippen LogP) is 5.64. The van der Waals surface area contributed by atoms with Crippen LogP contribution >= 0.6 is 0 Å². The largest absolute Gasteiger partial charge is 0.224 e. The lowest BCUT2D eigenvalue weighted by atomic mass is 9.91. The van der Waals surface area contributed by atoms with Crippen LogP contribution in [0.2, 0.25) is 0 Å². The van der Waals surface area contributed by atoms with Crippen LogP contribution in [-0.2, 0) is 0 Å². The number of allylic oxidation sites excluding steroid dienone is 4. The number of hydrogen-bond donors (Lipinski definition) is 0. The summed E-state index contributed by atoms with van der Waals surface area (Å²) in [5.74, 6) is 0. The first kappa shape index (κ1) is 13.8. The minimum Gasteiger partial charge on any atom is -0.224 e.